The first-order valence-electron chi connectivity index (χ1n) is 6.09. The molecule has 18 heavy (non-hydrogen) atoms. The molecule has 4 heteroatoms. The molecule has 0 atom stereocenters. The van der Waals surface area contributed by atoms with Crippen LogP contribution in [0.15, 0.2) is 36.7 Å². The third-order valence-electron chi connectivity index (χ3n) is 2.72. The SMILES string of the molecule is CCCn1cc(C(=O)Cc2cccc(N)c2)cn1. The fourth-order valence-electron chi connectivity index (χ4n) is 1.85. The molecule has 2 rings (SSSR count). The number of nitrogens with two attached hydrogens (primary N) is 1. The molecule has 0 aliphatic carbocycles. The van der Waals surface area contributed by atoms with Gasteiger partial charge in [-0.05, 0) is 24.1 Å². The van der Waals surface area contributed by atoms with Gasteiger partial charge in [-0.25, -0.2) is 0 Å². The van der Waals surface area contributed by atoms with Gasteiger partial charge in [0.05, 0.1) is 11.8 Å². The lowest BCUT2D eigenvalue weighted by atomic mass is 10.1. The first-order valence-corrected chi connectivity index (χ1v) is 6.09. The number of nitrogen functional groups attached to an aromatic ring is 1. The predicted molar refractivity (Wildman–Crippen MR) is 71.4 cm³/mol. The maximum absolute atomic E-state index is 12.0. The van der Waals surface area contributed by atoms with E-state index in [4.69, 9.17) is 5.73 Å². The normalized spacial score (nSPS) is 10.5. The molecule has 0 fully saturated rings. The van der Waals surface area contributed by atoms with Gasteiger partial charge in [0.15, 0.2) is 5.78 Å². The quantitative estimate of drug-likeness (QED) is 0.647. The minimum atomic E-state index is 0.0722. The van der Waals surface area contributed by atoms with E-state index >= 15 is 0 Å². The maximum Gasteiger partial charge on any atom is 0.170 e. The number of hydrogen-bond acceptors (Lipinski definition) is 3. The van der Waals surface area contributed by atoms with E-state index in [1.165, 1.54) is 0 Å². The second-order valence-corrected chi connectivity index (χ2v) is 4.34. The highest BCUT2D eigenvalue weighted by molar-refractivity contribution is 5.97. The van der Waals surface area contributed by atoms with Gasteiger partial charge in [-0.3, -0.25) is 9.48 Å². The second-order valence-electron chi connectivity index (χ2n) is 4.34. The minimum absolute atomic E-state index is 0.0722. The van der Waals surface area contributed by atoms with E-state index in [9.17, 15) is 4.79 Å². The Balaban J connectivity index is 2.07. The van der Waals surface area contributed by atoms with Crippen molar-refractivity contribution in [1.82, 2.24) is 9.78 Å². The van der Waals surface area contributed by atoms with Crippen LogP contribution in [0.2, 0.25) is 0 Å². The molecule has 0 aliphatic heterocycles. The van der Waals surface area contributed by atoms with Crippen molar-refractivity contribution < 1.29 is 4.79 Å². The van der Waals surface area contributed by atoms with E-state index in [0.717, 1.165) is 18.5 Å². The Labute approximate surface area is 106 Å². The largest absolute Gasteiger partial charge is 0.399 e. The maximum atomic E-state index is 12.0. The highest BCUT2D eigenvalue weighted by Gasteiger charge is 2.09. The number of benzene rings is 1. The van der Waals surface area contributed by atoms with Gasteiger partial charge >= 0.3 is 0 Å². The summed E-state index contributed by atoms with van der Waals surface area (Å²) in [5, 5.41) is 4.16. The van der Waals surface area contributed by atoms with Crippen LogP contribution in [0.5, 0.6) is 0 Å². The van der Waals surface area contributed by atoms with Crippen LogP contribution in [0, 0.1) is 0 Å². The summed E-state index contributed by atoms with van der Waals surface area (Å²) in [4.78, 5) is 12.0. The third-order valence-corrected chi connectivity index (χ3v) is 2.72. The molecule has 2 aromatic rings. The van der Waals surface area contributed by atoms with E-state index in [2.05, 4.69) is 12.0 Å². The van der Waals surface area contributed by atoms with Crippen molar-refractivity contribution in [1.29, 1.82) is 0 Å². The monoisotopic (exact) mass is 243 g/mol. The smallest absolute Gasteiger partial charge is 0.170 e. The molecular weight excluding hydrogens is 226 g/mol. The zero-order valence-corrected chi connectivity index (χ0v) is 10.5. The van der Waals surface area contributed by atoms with Crippen molar-refractivity contribution in [2.24, 2.45) is 0 Å². The fraction of sp³-hybridized carbons (Fsp3) is 0.286. The summed E-state index contributed by atoms with van der Waals surface area (Å²) in [6.07, 6.45) is 4.80. The van der Waals surface area contributed by atoms with Crippen LogP contribution < -0.4 is 5.73 Å². The lowest BCUT2D eigenvalue weighted by molar-refractivity contribution is 0.0993. The number of hydrogen-bond donors (Lipinski definition) is 1. The van der Waals surface area contributed by atoms with Crippen LogP contribution >= 0.6 is 0 Å². The van der Waals surface area contributed by atoms with Crippen LogP contribution in [-0.2, 0) is 13.0 Å². The van der Waals surface area contributed by atoms with E-state index < -0.39 is 0 Å². The molecule has 0 spiro atoms. The molecule has 4 nitrogen and oxygen atoms in total. The Hall–Kier alpha value is -2.10. The average Bonchev–Trinajstić information content (AvgIpc) is 2.78. The molecule has 0 aliphatic rings. The first-order chi connectivity index (χ1) is 8.69. The number of aryl methyl sites for hydroxylation is 1. The molecule has 2 N–H and O–H groups in total. The number of nitrogens with zero attached hydrogens (tertiary/aromatic N) is 2. The minimum Gasteiger partial charge on any atom is -0.399 e. The summed E-state index contributed by atoms with van der Waals surface area (Å²) < 4.78 is 1.80. The molecule has 0 saturated heterocycles. The fourth-order valence-corrected chi connectivity index (χ4v) is 1.85. The summed E-state index contributed by atoms with van der Waals surface area (Å²) in [7, 11) is 0. The van der Waals surface area contributed by atoms with Gasteiger partial charge < -0.3 is 5.73 Å². The number of ketones is 1. The van der Waals surface area contributed by atoms with Gasteiger partial charge in [-0.15, -0.1) is 0 Å². The molecule has 0 radical (unpaired) electrons. The number of carbonyl (C=O) groups is 1. The van der Waals surface area contributed by atoms with Crippen molar-refractivity contribution in [2.45, 2.75) is 26.3 Å². The zero-order valence-electron chi connectivity index (χ0n) is 10.5. The lowest BCUT2D eigenvalue weighted by Crippen LogP contribution is -2.03. The molecule has 0 bridgehead atoms. The molecule has 1 aromatic heterocycles. The Bertz CT molecular complexity index is 545. The topological polar surface area (TPSA) is 60.9 Å². The van der Waals surface area contributed by atoms with Gasteiger partial charge in [0.1, 0.15) is 0 Å². The first kappa shape index (κ1) is 12.4. The zero-order chi connectivity index (χ0) is 13.0. The molecule has 1 heterocycles. The molecule has 94 valence electrons. The Morgan fingerprint density at radius 3 is 3.00 bits per heavy atom. The van der Waals surface area contributed by atoms with Crippen molar-refractivity contribution >= 4 is 11.5 Å². The number of anilines is 1. The van der Waals surface area contributed by atoms with E-state index in [1.54, 1.807) is 17.1 Å². The molecule has 0 saturated carbocycles. The van der Waals surface area contributed by atoms with Crippen molar-refractivity contribution in [3.05, 3.63) is 47.8 Å². The summed E-state index contributed by atoms with van der Waals surface area (Å²) in [6.45, 7) is 2.92. The van der Waals surface area contributed by atoms with Gasteiger partial charge in [0.2, 0.25) is 0 Å². The van der Waals surface area contributed by atoms with Crippen LogP contribution in [0.4, 0.5) is 5.69 Å². The van der Waals surface area contributed by atoms with Gasteiger partial charge in [-0.2, -0.15) is 5.10 Å². The highest BCUT2D eigenvalue weighted by Crippen LogP contribution is 2.10. The number of carbonyl (C=O) groups excluding carboxylic acids is 1. The van der Waals surface area contributed by atoms with E-state index in [1.807, 2.05) is 24.3 Å². The number of Topliss-reactive ketones (excluding diaryl/α,β-unsaturated/α-hetero) is 1. The van der Waals surface area contributed by atoms with Crippen LogP contribution in [0.25, 0.3) is 0 Å². The standard InChI is InChI=1S/C14H17N3O/c1-2-6-17-10-12(9-16-17)14(18)8-11-4-3-5-13(15)7-11/h3-5,7,9-10H,2,6,8,15H2,1H3. The Morgan fingerprint density at radius 2 is 2.28 bits per heavy atom. The average molecular weight is 243 g/mol. The van der Waals surface area contributed by atoms with Crippen molar-refractivity contribution in [3.63, 3.8) is 0 Å². The van der Waals surface area contributed by atoms with Crippen LogP contribution in [0.3, 0.4) is 0 Å². The Kier molecular flexibility index (Phi) is 3.77. The lowest BCUT2D eigenvalue weighted by Gasteiger charge is -2.00. The van der Waals surface area contributed by atoms with E-state index in [-0.39, 0.29) is 5.78 Å². The van der Waals surface area contributed by atoms with Gasteiger partial charge in [0, 0.05) is 24.8 Å². The van der Waals surface area contributed by atoms with Crippen LogP contribution in [-0.4, -0.2) is 15.6 Å². The van der Waals surface area contributed by atoms with Crippen molar-refractivity contribution in [3.8, 4) is 0 Å². The molecule has 0 unspecified atom stereocenters. The molecular formula is C14H17N3O. The molecule has 0 amide bonds. The predicted octanol–water partition coefficient (Wildman–Crippen LogP) is 2.30. The second kappa shape index (κ2) is 5.49. The summed E-state index contributed by atoms with van der Waals surface area (Å²) in [5.41, 5.74) is 7.96. The summed E-state index contributed by atoms with van der Waals surface area (Å²) >= 11 is 0. The summed E-state index contributed by atoms with van der Waals surface area (Å²) in [5.74, 6) is 0.0722. The van der Waals surface area contributed by atoms with Crippen molar-refractivity contribution in [2.75, 3.05) is 5.73 Å². The Morgan fingerprint density at radius 1 is 1.44 bits per heavy atom. The number of aromatic nitrogens is 2. The van der Waals surface area contributed by atoms with Gasteiger partial charge in [-0.1, -0.05) is 19.1 Å². The molecule has 1 aromatic carbocycles. The highest BCUT2D eigenvalue weighted by atomic mass is 16.1. The number of rotatable bonds is 5. The summed E-state index contributed by atoms with van der Waals surface area (Å²) in [6, 6.07) is 7.41. The van der Waals surface area contributed by atoms with Gasteiger partial charge in [0.25, 0.3) is 0 Å². The van der Waals surface area contributed by atoms with E-state index in [0.29, 0.717) is 17.7 Å². The van der Waals surface area contributed by atoms with Crippen LogP contribution in [0.1, 0.15) is 29.3 Å². The third kappa shape index (κ3) is 2.97.